The summed E-state index contributed by atoms with van der Waals surface area (Å²) in [6.07, 6.45) is -0.152. The Hall–Kier alpha value is -1.19. The van der Waals surface area contributed by atoms with E-state index in [0.717, 1.165) is 6.54 Å². The van der Waals surface area contributed by atoms with Gasteiger partial charge in [-0.15, -0.1) is 0 Å². The van der Waals surface area contributed by atoms with Crippen LogP contribution in [0, 0.1) is 0 Å². The minimum absolute atomic E-state index is 0.0735. The predicted octanol–water partition coefficient (Wildman–Crippen LogP) is 1.00. The molecule has 0 aromatic carbocycles. The van der Waals surface area contributed by atoms with Crippen molar-refractivity contribution in [1.82, 2.24) is 4.90 Å². The zero-order valence-electron chi connectivity index (χ0n) is 7.50. The van der Waals surface area contributed by atoms with Crippen LogP contribution in [0.4, 0.5) is 0 Å². The number of nitrogens with zero attached hydrogens (tertiary/aromatic N) is 1. The minimum Gasteiger partial charge on any atom is -0.475 e. The molecule has 1 unspecified atom stereocenters. The second-order valence-corrected chi connectivity index (χ2v) is 2.72. The number of carbonyl (C=O) groups is 1. The summed E-state index contributed by atoms with van der Waals surface area (Å²) in [5.74, 6) is -0.917. The van der Waals surface area contributed by atoms with E-state index in [9.17, 15) is 4.79 Å². The highest BCUT2D eigenvalue weighted by molar-refractivity contribution is 5.85. The van der Waals surface area contributed by atoms with Gasteiger partial charge >= 0.3 is 5.97 Å². The molecule has 1 atom stereocenters. The van der Waals surface area contributed by atoms with Crippen LogP contribution >= 0.6 is 0 Å². The summed E-state index contributed by atoms with van der Waals surface area (Å²) in [6, 6.07) is 0. The van der Waals surface area contributed by atoms with E-state index in [1.807, 2.05) is 18.7 Å². The SMILES string of the molecule is CCN1C(C)=C(C(=O)O)OC1C. The molecular weight excluding hydrogens is 158 g/mol. The first-order valence-electron chi connectivity index (χ1n) is 3.95. The fourth-order valence-electron chi connectivity index (χ4n) is 1.42. The molecule has 0 bridgehead atoms. The molecule has 0 fully saturated rings. The van der Waals surface area contributed by atoms with Gasteiger partial charge in [0.2, 0.25) is 5.76 Å². The number of allylic oxidation sites excluding steroid dienone is 1. The van der Waals surface area contributed by atoms with Crippen LogP contribution in [0.25, 0.3) is 0 Å². The molecule has 0 amide bonds. The highest BCUT2D eigenvalue weighted by Gasteiger charge is 2.30. The van der Waals surface area contributed by atoms with Gasteiger partial charge in [-0.2, -0.15) is 0 Å². The lowest BCUT2D eigenvalue weighted by molar-refractivity contribution is -0.137. The predicted molar refractivity (Wildman–Crippen MR) is 43.3 cm³/mol. The van der Waals surface area contributed by atoms with Crippen LogP contribution in [0.2, 0.25) is 0 Å². The van der Waals surface area contributed by atoms with Gasteiger partial charge in [-0.05, 0) is 20.8 Å². The summed E-state index contributed by atoms with van der Waals surface area (Å²) in [6.45, 7) is 6.33. The second kappa shape index (κ2) is 3.05. The average Bonchev–Trinajstić information content (AvgIpc) is 2.27. The Balaban J connectivity index is 2.89. The van der Waals surface area contributed by atoms with Crippen molar-refractivity contribution >= 4 is 5.97 Å². The summed E-state index contributed by atoms with van der Waals surface area (Å²) in [7, 11) is 0. The molecule has 12 heavy (non-hydrogen) atoms. The first kappa shape index (κ1) is 8.90. The van der Waals surface area contributed by atoms with Crippen molar-refractivity contribution in [2.45, 2.75) is 27.0 Å². The van der Waals surface area contributed by atoms with Crippen LogP contribution in [0.3, 0.4) is 0 Å². The largest absolute Gasteiger partial charge is 0.475 e. The summed E-state index contributed by atoms with van der Waals surface area (Å²) < 4.78 is 5.14. The maximum atomic E-state index is 10.6. The maximum Gasteiger partial charge on any atom is 0.373 e. The molecule has 0 spiro atoms. The van der Waals surface area contributed by atoms with E-state index in [2.05, 4.69) is 0 Å². The van der Waals surface area contributed by atoms with Gasteiger partial charge in [0.15, 0.2) is 6.23 Å². The number of carboxylic acids is 1. The van der Waals surface area contributed by atoms with Crippen molar-refractivity contribution in [1.29, 1.82) is 0 Å². The van der Waals surface area contributed by atoms with Gasteiger partial charge in [-0.25, -0.2) is 4.79 Å². The lowest BCUT2D eigenvalue weighted by Gasteiger charge is -2.20. The number of hydrogen-bond acceptors (Lipinski definition) is 3. The molecule has 0 saturated carbocycles. The first-order valence-corrected chi connectivity index (χ1v) is 3.95. The van der Waals surface area contributed by atoms with Gasteiger partial charge in [0.1, 0.15) is 0 Å². The number of aliphatic carboxylic acids is 1. The van der Waals surface area contributed by atoms with Crippen LogP contribution in [-0.4, -0.2) is 28.7 Å². The second-order valence-electron chi connectivity index (χ2n) is 2.72. The normalized spacial score (nSPS) is 22.9. The van der Waals surface area contributed by atoms with Gasteiger partial charge in [0.25, 0.3) is 0 Å². The number of rotatable bonds is 2. The summed E-state index contributed by atoms with van der Waals surface area (Å²) in [5.41, 5.74) is 0.706. The van der Waals surface area contributed by atoms with Gasteiger partial charge < -0.3 is 14.7 Å². The van der Waals surface area contributed by atoms with Gasteiger partial charge in [-0.1, -0.05) is 0 Å². The fraction of sp³-hybridized carbons (Fsp3) is 0.625. The van der Waals surface area contributed by atoms with Crippen LogP contribution < -0.4 is 0 Å². The third-order valence-corrected chi connectivity index (χ3v) is 2.02. The van der Waals surface area contributed by atoms with E-state index in [-0.39, 0.29) is 12.0 Å². The number of hydrogen-bond donors (Lipinski definition) is 1. The van der Waals surface area contributed by atoms with Crippen molar-refractivity contribution in [2.24, 2.45) is 0 Å². The van der Waals surface area contributed by atoms with Crippen LogP contribution in [0.1, 0.15) is 20.8 Å². The zero-order chi connectivity index (χ0) is 9.30. The van der Waals surface area contributed by atoms with E-state index < -0.39 is 5.97 Å². The summed E-state index contributed by atoms with van der Waals surface area (Å²) >= 11 is 0. The topological polar surface area (TPSA) is 49.8 Å². The molecule has 1 aliphatic rings. The smallest absolute Gasteiger partial charge is 0.373 e. The molecule has 0 aliphatic carbocycles. The molecule has 4 nitrogen and oxygen atoms in total. The van der Waals surface area contributed by atoms with Gasteiger partial charge in [0, 0.05) is 6.54 Å². The number of ether oxygens (including phenoxy) is 1. The van der Waals surface area contributed by atoms with E-state index in [0.29, 0.717) is 5.70 Å². The molecule has 1 N–H and O–H groups in total. The molecule has 1 aliphatic heterocycles. The van der Waals surface area contributed by atoms with E-state index in [1.165, 1.54) is 0 Å². The Labute approximate surface area is 71.4 Å². The third kappa shape index (κ3) is 1.24. The molecular formula is C8H13NO3. The Kier molecular flexibility index (Phi) is 2.26. The van der Waals surface area contributed by atoms with Crippen LogP contribution in [-0.2, 0) is 9.53 Å². The molecule has 68 valence electrons. The summed E-state index contributed by atoms with van der Waals surface area (Å²) in [4.78, 5) is 12.5. The van der Waals surface area contributed by atoms with Crippen molar-refractivity contribution in [3.63, 3.8) is 0 Å². The first-order chi connectivity index (χ1) is 5.57. The Morgan fingerprint density at radius 1 is 1.75 bits per heavy atom. The highest BCUT2D eigenvalue weighted by Crippen LogP contribution is 2.24. The Morgan fingerprint density at radius 2 is 2.33 bits per heavy atom. The van der Waals surface area contributed by atoms with Crippen molar-refractivity contribution in [3.05, 3.63) is 11.5 Å². The Morgan fingerprint density at radius 3 is 2.58 bits per heavy atom. The average molecular weight is 171 g/mol. The molecule has 0 aromatic rings. The van der Waals surface area contributed by atoms with E-state index >= 15 is 0 Å². The lowest BCUT2D eigenvalue weighted by atomic mass is 10.3. The van der Waals surface area contributed by atoms with Crippen LogP contribution in [0.5, 0.6) is 0 Å². The van der Waals surface area contributed by atoms with Gasteiger partial charge in [0.05, 0.1) is 5.70 Å². The van der Waals surface area contributed by atoms with Crippen molar-refractivity contribution < 1.29 is 14.6 Å². The molecule has 0 saturated heterocycles. The summed E-state index contributed by atoms with van der Waals surface area (Å²) in [5, 5.41) is 8.71. The highest BCUT2D eigenvalue weighted by atomic mass is 16.5. The van der Waals surface area contributed by atoms with Crippen molar-refractivity contribution in [3.8, 4) is 0 Å². The fourth-order valence-corrected chi connectivity index (χ4v) is 1.42. The minimum atomic E-state index is -0.990. The molecule has 4 heteroatoms. The van der Waals surface area contributed by atoms with E-state index in [4.69, 9.17) is 9.84 Å². The maximum absolute atomic E-state index is 10.6. The quantitative estimate of drug-likeness (QED) is 0.673. The molecule has 1 heterocycles. The monoisotopic (exact) mass is 171 g/mol. The Bertz CT molecular complexity index is 234. The number of carboxylic acid groups (broad SMARTS) is 1. The molecule has 0 aromatic heterocycles. The van der Waals surface area contributed by atoms with Crippen molar-refractivity contribution in [2.75, 3.05) is 6.54 Å². The third-order valence-electron chi connectivity index (χ3n) is 2.02. The molecule has 1 rings (SSSR count). The van der Waals surface area contributed by atoms with Gasteiger partial charge in [-0.3, -0.25) is 0 Å². The standard InChI is InChI=1S/C8H13NO3/c1-4-9-5(2)7(8(10)11)12-6(9)3/h6H,4H2,1-3H3,(H,10,11). The lowest BCUT2D eigenvalue weighted by Crippen LogP contribution is -2.26. The zero-order valence-corrected chi connectivity index (χ0v) is 7.50. The molecule has 0 radical (unpaired) electrons. The van der Waals surface area contributed by atoms with Crippen LogP contribution in [0.15, 0.2) is 11.5 Å². The van der Waals surface area contributed by atoms with E-state index in [1.54, 1.807) is 6.92 Å².